The zero-order chi connectivity index (χ0) is 17.2. The van der Waals surface area contributed by atoms with Crippen molar-refractivity contribution in [2.24, 2.45) is 0 Å². The number of likely N-dealkylation sites (tertiary alicyclic amines) is 1. The molecule has 0 bridgehead atoms. The number of fused-ring (bicyclic) bond motifs is 1. The van der Waals surface area contributed by atoms with Gasteiger partial charge in [-0.1, -0.05) is 6.07 Å². The van der Waals surface area contributed by atoms with Crippen molar-refractivity contribution in [2.45, 2.75) is 12.8 Å². The van der Waals surface area contributed by atoms with Gasteiger partial charge in [0.2, 0.25) is 0 Å². The summed E-state index contributed by atoms with van der Waals surface area (Å²) >= 11 is 0. The van der Waals surface area contributed by atoms with E-state index in [1.54, 1.807) is 19.5 Å². The monoisotopic (exact) mass is 333 g/mol. The molecule has 0 unspecified atom stereocenters. The minimum Gasteiger partial charge on any atom is -0.494 e. The summed E-state index contributed by atoms with van der Waals surface area (Å²) in [6.07, 6.45) is 5.60. The smallest absolute Gasteiger partial charge is 0.256 e. The van der Waals surface area contributed by atoms with E-state index < -0.39 is 0 Å². The second kappa shape index (κ2) is 6.51. The maximum atomic E-state index is 12.9. The molecule has 5 heteroatoms. The summed E-state index contributed by atoms with van der Waals surface area (Å²) in [5.41, 5.74) is 3.00. The van der Waals surface area contributed by atoms with E-state index in [0.717, 1.165) is 42.4 Å². The minimum atomic E-state index is 0.0495. The molecule has 0 saturated carbocycles. The fraction of sp³-hybridized carbons (Fsp3) is 0.250. The predicted octanol–water partition coefficient (Wildman–Crippen LogP) is 3.54. The van der Waals surface area contributed by atoms with Gasteiger partial charge in [-0.2, -0.15) is 0 Å². The van der Waals surface area contributed by atoms with Crippen LogP contribution in [0.15, 0.2) is 48.8 Å². The summed E-state index contributed by atoms with van der Waals surface area (Å²) in [7, 11) is 1.63. The van der Waals surface area contributed by atoms with Gasteiger partial charge < -0.3 is 9.64 Å². The van der Waals surface area contributed by atoms with Crippen LogP contribution in [-0.4, -0.2) is 41.0 Å². The van der Waals surface area contributed by atoms with Gasteiger partial charge in [-0.15, -0.1) is 0 Å². The molecule has 1 saturated heterocycles. The third kappa shape index (κ3) is 2.71. The number of benzene rings is 1. The molecular weight excluding hydrogens is 314 g/mol. The van der Waals surface area contributed by atoms with Crippen LogP contribution in [0.2, 0.25) is 0 Å². The molecule has 1 fully saturated rings. The molecule has 4 rings (SSSR count). The molecule has 3 aromatic rings. The highest BCUT2D eigenvalue weighted by Gasteiger charge is 2.23. The Hall–Kier alpha value is -2.95. The maximum Gasteiger partial charge on any atom is 0.256 e. The first kappa shape index (κ1) is 15.6. The van der Waals surface area contributed by atoms with Crippen LogP contribution in [-0.2, 0) is 0 Å². The van der Waals surface area contributed by atoms with E-state index in [-0.39, 0.29) is 5.91 Å². The quantitative estimate of drug-likeness (QED) is 0.736. The number of nitrogens with zero attached hydrogens (tertiary/aromatic N) is 3. The van der Waals surface area contributed by atoms with Crippen LogP contribution in [0.1, 0.15) is 23.2 Å². The minimum absolute atomic E-state index is 0.0495. The Kier molecular flexibility index (Phi) is 4.06. The fourth-order valence-electron chi connectivity index (χ4n) is 3.40. The molecule has 0 N–H and O–H groups in total. The van der Waals surface area contributed by atoms with E-state index in [0.29, 0.717) is 17.0 Å². The van der Waals surface area contributed by atoms with Gasteiger partial charge in [0.1, 0.15) is 11.3 Å². The summed E-state index contributed by atoms with van der Waals surface area (Å²) in [5, 5.41) is 0.927. The van der Waals surface area contributed by atoms with Crippen LogP contribution in [0.4, 0.5) is 0 Å². The van der Waals surface area contributed by atoms with Crippen LogP contribution in [0.3, 0.4) is 0 Å². The summed E-state index contributed by atoms with van der Waals surface area (Å²) in [5.74, 6) is 0.760. The van der Waals surface area contributed by atoms with Crippen molar-refractivity contribution >= 4 is 16.8 Å². The molecule has 5 nitrogen and oxygen atoms in total. The molecule has 0 aliphatic carbocycles. The number of hydrogen-bond donors (Lipinski definition) is 0. The number of carbonyl (C=O) groups excluding carboxylic acids is 1. The van der Waals surface area contributed by atoms with Gasteiger partial charge >= 0.3 is 0 Å². The lowest BCUT2D eigenvalue weighted by Gasteiger charge is -2.18. The molecule has 1 aromatic carbocycles. The second-order valence-corrected chi connectivity index (χ2v) is 6.11. The number of hydrogen-bond acceptors (Lipinski definition) is 4. The van der Waals surface area contributed by atoms with Crippen molar-refractivity contribution in [3.05, 3.63) is 54.4 Å². The summed E-state index contributed by atoms with van der Waals surface area (Å²) in [6.45, 7) is 1.64. The number of methoxy groups -OCH3 is 1. The van der Waals surface area contributed by atoms with E-state index in [2.05, 4.69) is 9.97 Å². The van der Waals surface area contributed by atoms with Gasteiger partial charge in [0.15, 0.2) is 0 Å². The van der Waals surface area contributed by atoms with Crippen LogP contribution in [0.25, 0.3) is 22.2 Å². The number of amides is 1. The van der Waals surface area contributed by atoms with E-state index in [9.17, 15) is 4.79 Å². The molecule has 0 spiro atoms. The lowest BCUT2D eigenvalue weighted by atomic mass is 10.00. The second-order valence-electron chi connectivity index (χ2n) is 6.11. The Morgan fingerprint density at radius 1 is 1.04 bits per heavy atom. The van der Waals surface area contributed by atoms with E-state index in [1.165, 1.54) is 0 Å². The van der Waals surface area contributed by atoms with Crippen LogP contribution >= 0.6 is 0 Å². The predicted molar refractivity (Wildman–Crippen MR) is 96.7 cm³/mol. The first-order valence-electron chi connectivity index (χ1n) is 8.46. The normalized spacial score (nSPS) is 14.0. The van der Waals surface area contributed by atoms with Crippen molar-refractivity contribution in [3.8, 4) is 17.0 Å². The molecule has 2 aromatic heterocycles. The molecule has 25 heavy (non-hydrogen) atoms. The van der Waals surface area contributed by atoms with Crippen LogP contribution in [0.5, 0.6) is 5.75 Å². The third-order valence-electron chi connectivity index (χ3n) is 4.64. The largest absolute Gasteiger partial charge is 0.494 e. The first-order chi connectivity index (χ1) is 12.3. The molecule has 0 radical (unpaired) electrons. The molecule has 1 aliphatic heterocycles. The number of aromatic nitrogens is 2. The highest BCUT2D eigenvalue weighted by Crippen LogP contribution is 2.34. The highest BCUT2D eigenvalue weighted by atomic mass is 16.5. The van der Waals surface area contributed by atoms with Crippen molar-refractivity contribution in [1.29, 1.82) is 0 Å². The van der Waals surface area contributed by atoms with Crippen molar-refractivity contribution in [1.82, 2.24) is 14.9 Å². The Morgan fingerprint density at radius 2 is 1.80 bits per heavy atom. The van der Waals surface area contributed by atoms with E-state index in [4.69, 9.17) is 4.74 Å². The Labute approximate surface area is 146 Å². The zero-order valence-electron chi connectivity index (χ0n) is 14.1. The summed E-state index contributed by atoms with van der Waals surface area (Å²) < 4.78 is 5.42. The molecular formula is C20H19N3O2. The van der Waals surface area contributed by atoms with Crippen molar-refractivity contribution in [2.75, 3.05) is 20.2 Å². The molecule has 1 amide bonds. The highest BCUT2D eigenvalue weighted by molar-refractivity contribution is 6.05. The molecule has 1 aliphatic rings. The van der Waals surface area contributed by atoms with E-state index in [1.807, 2.05) is 41.3 Å². The summed E-state index contributed by atoms with van der Waals surface area (Å²) in [6, 6.07) is 11.4. The Bertz CT molecular complexity index is 933. The van der Waals surface area contributed by atoms with Crippen LogP contribution in [0, 0.1) is 0 Å². The third-order valence-corrected chi connectivity index (χ3v) is 4.64. The topological polar surface area (TPSA) is 55.3 Å². The lowest BCUT2D eigenvalue weighted by molar-refractivity contribution is 0.0793. The zero-order valence-corrected chi connectivity index (χ0v) is 14.1. The number of carbonyl (C=O) groups is 1. The van der Waals surface area contributed by atoms with Gasteiger partial charge in [0, 0.05) is 36.4 Å². The maximum absolute atomic E-state index is 12.9. The van der Waals surface area contributed by atoms with Gasteiger partial charge in [-0.05, 0) is 43.2 Å². The molecule has 126 valence electrons. The number of ether oxygens (including phenoxy) is 1. The standard InChI is InChI=1S/C20H19N3O2/c1-25-17-9-8-15(14-6-4-11-22-19(14)17)18-16(7-5-10-21-18)20(24)23-12-2-3-13-23/h4-11H,2-3,12-13H2,1H3. The SMILES string of the molecule is COc1ccc(-c2ncccc2C(=O)N2CCCC2)c2cccnc12. The van der Waals surface area contributed by atoms with Gasteiger partial charge in [-0.3, -0.25) is 14.8 Å². The van der Waals surface area contributed by atoms with Crippen molar-refractivity contribution in [3.63, 3.8) is 0 Å². The molecule has 0 atom stereocenters. The molecule has 3 heterocycles. The van der Waals surface area contributed by atoms with Gasteiger partial charge in [-0.25, -0.2) is 0 Å². The van der Waals surface area contributed by atoms with Crippen LogP contribution < -0.4 is 4.74 Å². The van der Waals surface area contributed by atoms with Gasteiger partial charge in [0.25, 0.3) is 5.91 Å². The average Bonchev–Trinajstić information content (AvgIpc) is 3.21. The lowest BCUT2D eigenvalue weighted by Crippen LogP contribution is -2.28. The number of rotatable bonds is 3. The van der Waals surface area contributed by atoms with Gasteiger partial charge in [0.05, 0.1) is 18.4 Å². The Balaban J connectivity index is 1.89. The van der Waals surface area contributed by atoms with Crippen molar-refractivity contribution < 1.29 is 9.53 Å². The van der Waals surface area contributed by atoms with E-state index >= 15 is 0 Å². The average molecular weight is 333 g/mol. The first-order valence-corrected chi connectivity index (χ1v) is 8.46. The fourth-order valence-corrected chi connectivity index (χ4v) is 3.40. The summed E-state index contributed by atoms with van der Waals surface area (Å²) in [4.78, 5) is 23.8. The number of pyridine rings is 2. The Morgan fingerprint density at radius 3 is 2.60 bits per heavy atom.